The van der Waals surface area contributed by atoms with Crippen LogP contribution in [0.25, 0.3) is 10.9 Å². The number of pyridine rings is 1. The van der Waals surface area contributed by atoms with Crippen LogP contribution >= 0.6 is 0 Å². The number of aliphatic hydroxyl groups is 1. The Morgan fingerprint density at radius 3 is 2.56 bits per heavy atom. The first-order valence-electron chi connectivity index (χ1n) is 7.85. The Hall–Kier alpha value is -3.12. The fourth-order valence-corrected chi connectivity index (χ4v) is 2.65. The largest absolute Gasteiger partial charge is 0.508 e. The van der Waals surface area contributed by atoms with Crippen molar-refractivity contribution in [3.8, 4) is 11.5 Å². The maximum atomic E-state index is 12.5. The molecule has 1 unspecified atom stereocenters. The highest BCUT2D eigenvalue weighted by Crippen LogP contribution is 2.26. The topological polar surface area (TPSA) is 103 Å². The van der Waals surface area contributed by atoms with E-state index in [2.05, 4.69) is 10.3 Å². The molecule has 1 aromatic heterocycles. The SMILES string of the molecule is O=C(NC(CO)Cc1ccc(O)cc1)c1ccc2cccnc2c1O. The monoisotopic (exact) mass is 338 g/mol. The Morgan fingerprint density at radius 2 is 1.84 bits per heavy atom. The molecule has 6 nitrogen and oxygen atoms in total. The standard InChI is InChI=1S/C19H18N2O4/c22-11-14(10-12-3-6-15(23)7-4-12)21-19(25)16-8-5-13-2-1-9-20-17(13)18(16)24/h1-9,14,22-24H,10-11H2,(H,21,25). The molecule has 25 heavy (non-hydrogen) atoms. The lowest BCUT2D eigenvalue weighted by Gasteiger charge is -2.17. The molecule has 1 amide bonds. The molecule has 0 bridgehead atoms. The second-order valence-electron chi connectivity index (χ2n) is 5.76. The fourth-order valence-electron chi connectivity index (χ4n) is 2.65. The molecule has 0 saturated carbocycles. The van der Waals surface area contributed by atoms with Crippen LogP contribution in [-0.4, -0.2) is 38.9 Å². The number of benzene rings is 2. The van der Waals surface area contributed by atoms with E-state index in [1.165, 1.54) is 6.07 Å². The van der Waals surface area contributed by atoms with Crippen molar-refractivity contribution in [3.63, 3.8) is 0 Å². The average Bonchev–Trinajstić information content (AvgIpc) is 2.63. The van der Waals surface area contributed by atoms with Crippen LogP contribution in [0.5, 0.6) is 11.5 Å². The summed E-state index contributed by atoms with van der Waals surface area (Å²) in [5.74, 6) is -0.512. The summed E-state index contributed by atoms with van der Waals surface area (Å²) in [6.45, 7) is -0.251. The number of phenolic OH excluding ortho intramolecular Hbond substituents is 2. The number of carbonyl (C=O) groups excluding carboxylic acids is 1. The molecule has 1 heterocycles. The number of amides is 1. The maximum absolute atomic E-state index is 12.5. The molecule has 3 aromatic rings. The number of fused-ring (bicyclic) bond motifs is 1. The summed E-state index contributed by atoms with van der Waals surface area (Å²) in [4.78, 5) is 16.6. The number of phenols is 2. The van der Waals surface area contributed by atoms with Crippen LogP contribution in [-0.2, 0) is 6.42 Å². The lowest BCUT2D eigenvalue weighted by atomic mass is 10.0. The second kappa shape index (κ2) is 7.19. The molecule has 0 radical (unpaired) electrons. The highest BCUT2D eigenvalue weighted by Gasteiger charge is 2.18. The van der Waals surface area contributed by atoms with E-state index in [0.29, 0.717) is 11.9 Å². The van der Waals surface area contributed by atoms with Crippen LogP contribution < -0.4 is 5.32 Å². The van der Waals surface area contributed by atoms with Gasteiger partial charge in [0.25, 0.3) is 5.91 Å². The Bertz CT molecular complexity index is 894. The average molecular weight is 338 g/mol. The summed E-state index contributed by atoms with van der Waals surface area (Å²) in [7, 11) is 0. The van der Waals surface area contributed by atoms with Gasteiger partial charge < -0.3 is 20.6 Å². The lowest BCUT2D eigenvalue weighted by molar-refractivity contribution is 0.0914. The lowest BCUT2D eigenvalue weighted by Crippen LogP contribution is -2.39. The molecule has 4 N–H and O–H groups in total. The fraction of sp³-hybridized carbons (Fsp3) is 0.158. The number of rotatable bonds is 5. The van der Waals surface area contributed by atoms with Crippen LogP contribution in [0.4, 0.5) is 0 Å². The van der Waals surface area contributed by atoms with Crippen LogP contribution in [0.2, 0.25) is 0 Å². The minimum Gasteiger partial charge on any atom is -0.508 e. The molecule has 0 saturated heterocycles. The summed E-state index contributed by atoms with van der Waals surface area (Å²) in [6.07, 6.45) is 1.94. The zero-order valence-electron chi connectivity index (χ0n) is 13.4. The molecule has 3 rings (SSSR count). The molecule has 0 fully saturated rings. The van der Waals surface area contributed by atoms with Gasteiger partial charge in [0.05, 0.1) is 18.2 Å². The van der Waals surface area contributed by atoms with E-state index in [-0.39, 0.29) is 23.7 Å². The molecule has 128 valence electrons. The Balaban J connectivity index is 1.78. The summed E-state index contributed by atoms with van der Waals surface area (Å²) < 4.78 is 0. The van der Waals surface area contributed by atoms with Gasteiger partial charge in [0.2, 0.25) is 0 Å². The highest BCUT2D eigenvalue weighted by molar-refractivity contribution is 6.02. The van der Waals surface area contributed by atoms with Gasteiger partial charge in [0.15, 0.2) is 5.75 Å². The molecular weight excluding hydrogens is 320 g/mol. The number of carbonyl (C=O) groups is 1. The van der Waals surface area contributed by atoms with Gasteiger partial charge in [0, 0.05) is 11.6 Å². The molecule has 6 heteroatoms. The van der Waals surface area contributed by atoms with Crippen molar-refractivity contribution in [1.82, 2.24) is 10.3 Å². The number of aliphatic hydroxyl groups excluding tert-OH is 1. The van der Waals surface area contributed by atoms with Crippen LogP contribution in [0, 0.1) is 0 Å². The van der Waals surface area contributed by atoms with Gasteiger partial charge >= 0.3 is 0 Å². The molecule has 0 aliphatic carbocycles. The van der Waals surface area contributed by atoms with Crippen molar-refractivity contribution in [2.24, 2.45) is 0 Å². The summed E-state index contributed by atoms with van der Waals surface area (Å²) in [5.41, 5.74) is 1.33. The van der Waals surface area contributed by atoms with Crippen molar-refractivity contribution in [2.75, 3.05) is 6.61 Å². The van der Waals surface area contributed by atoms with Crippen molar-refractivity contribution < 1.29 is 20.1 Å². The molecule has 2 aromatic carbocycles. The first-order chi connectivity index (χ1) is 12.1. The van der Waals surface area contributed by atoms with Crippen LogP contribution in [0.15, 0.2) is 54.7 Å². The normalized spacial score (nSPS) is 12.0. The Kier molecular flexibility index (Phi) is 4.81. The van der Waals surface area contributed by atoms with Gasteiger partial charge in [-0.2, -0.15) is 0 Å². The maximum Gasteiger partial charge on any atom is 0.255 e. The molecular formula is C19H18N2O4. The summed E-state index contributed by atoms with van der Waals surface area (Å²) >= 11 is 0. The van der Waals surface area contributed by atoms with Gasteiger partial charge in [-0.15, -0.1) is 0 Å². The predicted molar refractivity (Wildman–Crippen MR) is 93.6 cm³/mol. The third-order valence-corrected chi connectivity index (χ3v) is 3.97. The first kappa shape index (κ1) is 16.7. The quantitative estimate of drug-likeness (QED) is 0.570. The highest BCUT2D eigenvalue weighted by atomic mass is 16.3. The number of nitrogens with one attached hydrogen (secondary N) is 1. The van der Waals surface area contributed by atoms with Gasteiger partial charge in [-0.1, -0.05) is 24.3 Å². The van der Waals surface area contributed by atoms with Crippen molar-refractivity contribution >= 4 is 16.8 Å². The number of hydrogen-bond donors (Lipinski definition) is 4. The molecule has 1 atom stereocenters. The van der Waals surface area contributed by atoms with E-state index >= 15 is 0 Å². The van der Waals surface area contributed by atoms with Gasteiger partial charge in [-0.25, -0.2) is 0 Å². The van der Waals surface area contributed by atoms with Crippen LogP contribution in [0.3, 0.4) is 0 Å². The Morgan fingerprint density at radius 1 is 1.08 bits per heavy atom. The van der Waals surface area contributed by atoms with E-state index in [9.17, 15) is 20.1 Å². The van der Waals surface area contributed by atoms with E-state index in [0.717, 1.165) is 10.9 Å². The zero-order chi connectivity index (χ0) is 17.8. The number of hydrogen-bond acceptors (Lipinski definition) is 5. The minimum atomic E-state index is -0.518. The second-order valence-corrected chi connectivity index (χ2v) is 5.76. The number of nitrogens with zero attached hydrogens (tertiary/aromatic N) is 1. The van der Waals surface area contributed by atoms with E-state index < -0.39 is 11.9 Å². The van der Waals surface area contributed by atoms with Gasteiger partial charge in [0.1, 0.15) is 11.3 Å². The van der Waals surface area contributed by atoms with Crippen molar-refractivity contribution in [1.29, 1.82) is 0 Å². The number of aromatic nitrogens is 1. The zero-order valence-corrected chi connectivity index (χ0v) is 13.4. The first-order valence-corrected chi connectivity index (χ1v) is 7.85. The van der Waals surface area contributed by atoms with E-state index in [1.807, 2.05) is 0 Å². The minimum absolute atomic E-state index is 0.107. The van der Waals surface area contributed by atoms with E-state index in [1.54, 1.807) is 48.7 Å². The van der Waals surface area contributed by atoms with Gasteiger partial charge in [-0.05, 0) is 36.2 Å². The summed E-state index contributed by atoms with van der Waals surface area (Å²) in [6, 6.07) is 12.8. The van der Waals surface area contributed by atoms with Crippen molar-refractivity contribution in [2.45, 2.75) is 12.5 Å². The smallest absolute Gasteiger partial charge is 0.255 e. The molecule has 0 aliphatic heterocycles. The third-order valence-electron chi connectivity index (χ3n) is 3.97. The summed E-state index contributed by atoms with van der Waals surface area (Å²) in [5, 5.41) is 32.6. The third kappa shape index (κ3) is 3.70. The Labute approximate surface area is 144 Å². The van der Waals surface area contributed by atoms with Crippen molar-refractivity contribution in [3.05, 3.63) is 65.9 Å². The van der Waals surface area contributed by atoms with Gasteiger partial charge in [-0.3, -0.25) is 9.78 Å². The number of aromatic hydroxyl groups is 2. The molecule has 0 aliphatic rings. The molecule has 0 spiro atoms. The van der Waals surface area contributed by atoms with Crippen LogP contribution in [0.1, 0.15) is 15.9 Å². The predicted octanol–water partition coefficient (Wildman–Crippen LogP) is 1.98. The van der Waals surface area contributed by atoms with E-state index in [4.69, 9.17) is 0 Å².